The molecule has 0 aliphatic heterocycles. The first-order chi connectivity index (χ1) is 20.1. The van der Waals surface area contributed by atoms with Crippen LogP contribution in [0.4, 0.5) is 0 Å². The van der Waals surface area contributed by atoms with E-state index in [1.165, 1.54) is 135 Å². The van der Waals surface area contributed by atoms with Crippen LogP contribution in [0.2, 0.25) is 0 Å². The van der Waals surface area contributed by atoms with Gasteiger partial charge in [-0.2, -0.15) is 0 Å². The van der Waals surface area contributed by atoms with Crippen LogP contribution in [-0.4, -0.2) is 46.1 Å². The molecule has 0 aromatic heterocycles. The van der Waals surface area contributed by atoms with Crippen molar-refractivity contribution in [3.8, 4) is 0 Å². The number of rotatable bonds is 33. The molecule has 5 heteroatoms. The maximum atomic E-state index is 12.3. The Bertz CT molecular complexity index is 530. The van der Waals surface area contributed by atoms with Crippen LogP contribution in [0.1, 0.15) is 200 Å². The summed E-state index contributed by atoms with van der Waals surface area (Å²) in [5.41, 5.74) is 0. The van der Waals surface area contributed by atoms with E-state index in [4.69, 9.17) is 0 Å². The number of unbranched alkanes of at least 4 members (excludes halogenated alkanes) is 25. The predicted molar refractivity (Wildman–Crippen MR) is 176 cm³/mol. The average Bonchev–Trinajstić information content (AvgIpc) is 2.97. The van der Waals surface area contributed by atoms with E-state index < -0.39 is 18.2 Å². The fourth-order valence-corrected chi connectivity index (χ4v) is 5.81. The molecule has 0 bridgehead atoms. The zero-order valence-corrected chi connectivity index (χ0v) is 27.7. The van der Waals surface area contributed by atoms with Crippen molar-refractivity contribution >= 4 is 5.91 Å². The van der Waals surface area contributed by atoms with Crippen molar-refractivity contribution in [2.45, 2.75) is 218 Å². The van der Waals surface area contributed by atoms with Crippen molar-refractivity contribution in [3.05, 3.63) is 0 Å². The Labute approximate surface area is 256 Å². The number of carbonyl (C=O) groups excluding carboxylic acids is 1. The quantitative estimate of drug-likeness (QED) is 0.0579. The Morgan fingerprint density at radius 2 is 0.829 bits per heavy atom. The minimum Gasteiger partial charge on any atom is -0.394 e. The van der Waals surface area contributed by atoms with Gasteiger partial charge in [0.05, 0.1) is 18.8 Å². The Morgan fingerprint density at radius 3 is 1.17 bits per heavy atom. The SMILES string of the molecule is CCCCCCCCCCCCCCCCCC(=O)NC(CO)[C@H](O)[C@H](O)CCCCCCCCCCCCCC. The Hall–Kier alpha value is -0.650. The van der Waals surface area contributed by atoms with Crippen molar-refractivity contribution in [2.75, 3.05) is 6.61 Å². The lowest BCUT2D eigenvalue weighted by Crippen LogP contribution is -2.50. The third-order valence-corrected chi connectivity index (χ3v) is 8.71. The molecule has 0 saturated carbocycles. The van der Waals surface area contributed by atoms with Crippen LogP contribution in [0, 0.1) is 0 Å². The van der Waals surface area contributed by atoms with E-state index in [1.54, 1.807) is 0 Å². The summed E-state index contributed by atoms with van der Waals surface area (Å²) < 4.78 is 0. The highest BCUT2D eigenvalue weighted by molar-refractivity contribution is 5.76. The molecule has 3 atom stereocenters. The van der Waals surface area contributed by atoms with E-state index in [0.717, 1.165) is 38.5 Å². The van der Waals surface area contributed by atoms with Gasteiger partial charge in [-0.25, -0.2) is 0 Å². The van der Waals surface area contributed by atoms with E-state index in [1.807, 2.05) is 0 Å². The fourth-order valence-electron chi connectivity index (χ4n) is 5.81. The van der Waals surface area contributed by atoms with E-state index in [2.05, 4.69) is 19.2 Å². The Kier molecular flexibility index (Phi) is 31.8. The molecule has 1 unspecified atom stereocenters. The monoisotopic (exact) mass is 584 g/mol. The van der Waals surface area contributed by atoms with Crippen molar-refractivity contribution in [1.82, 2.24) is 5.32 Å². The van der Waals surface area contributed by atoms with Crippen LogP contribution in [0.25, 0.3) is 0 Å². The third kappa shape index (κ3) is 27.9. The van der Waals surface area contributed by atoms with E-state index in [0.29, 0.717) is 12.8 Å². The van der Waals surface area contributed by atoms with Crippen molar-refractivity contribution in [1.29, 1.82) is 0 Å². The number of aliphatic hydroxyl groups is 3. The molecule has 0 fully saturated rings. The van der Waals surface area contributed by atoms with Gasteiger partial charge in [-0.05, 0) is 12.8 Å². The Morgan fingerprint density at radius 1 is 0.512 bits per heavy atom. The number of hydrogen-bond acceptors (Lipinski definition) is 4. The highest BCUT2D eigenvalue weighted by Gasteiger charge is 2.26. The van der Waals surface area contributed by atoms with Gasteiger partial charge in [-0.15, -0.1) is 0 Å². The van der Waals surface area contributed by atoms with E-state index in [9.17, 15) is 20.1 Å². The van der Waals surface area contributed by atoms with Gasteiger partial charge in [-0.3, -0.25) is 4.79 Å². The first kappa shape index (κ1) is 40.4. The number of aliphatic hydroxyl groups excluding tert-OH is 3. The van der Waals surface area contributed by atoms with Crippen LogP contribution in [0.5, 0.6) is 0 Å². The Balaban J connectivity index is 3.66. The molecular formula is C36H73NO4. The maximum absolute atomic E-state index is 12.3. The molecule has 41 heavy (non-hydrogen) atoms. The number of hydrogen-bond donors (Lipinski definition) is 4. The summed E-state index contributed by atoms with van der Waals surface area (Å²) in [6.45, 7) is 4.16. The molecule has 0 radical (unpaired) electrons. The molecule has 0 rings (SSSR count). The minimum atomic E-state index is -1.13. The van der Waals surface area contributed by atoms with Crippen LogP contribution in [0.3, 0.4) is 0 Å². The van der Waals surface area contributed by atoms with Crippen LogP contribution in [0.15, 0.2) is 0 Å². The lowest BCUT2D eigenvalue weighted by molar-refractivity contribution is -0.124. The summed E-state index contributed by atoms with van der Waals surface area (Å²) in [5.74, 6) is -0.143. The molecule has 0 heterocycles. The summed E-state index contributed by atoms with van der Waals surface area (Å²) in [6, 6.07) is -0.800. The third-order valence-electron chi connectivity index (χ3n) is 8.71. The van der Waals surface area contributed by atoms with Gasteiger partial charge in [-0.1, -0.05) is 181 Å². The molecule has 1 amide bonds. The second-order valence-corrected chi connectivity index (χ2v) is 12.8. The molecule has 0 saturated heterocycles. The molecule has 0 aromatic carbocycles. The second-order valence-electron chi connectivity index (χ2n) is 12.8. The first-order valence-corrected chi connectivity index (χ1v) is 18.3. The lowest BCUT2D eigenvalue weighted by Gasteiger charge is -2.26. The van der Waals surface area contributed by atoms with Crippen molar-refractivity contribution in [3.63, 3.8) is 0 Å². The molecule has 246 valence electrons. The number of nitrogens with one attached hydrogen (secondary N) is 1. The molecule has 4 N–H and O–H groups in total. The van der Waals surface area contributed by atoms with Gasteiger partial charge >= 0.3 is 0 Å². The summed E-state index contributed by atoms with van der Waals surface area (Å²) in [4.78, 5) is 12.3. The van der Waals surface area contributed by atoms with Crippen LogP contribution in [-0.2, 0) is 4.79 Å². The second kappa shape index (κ2) is 32.3. The smallest absolute Gasteiger partial charge is 0.220 e. The standard InChI is InChI=1S/C36H73NO4/c1-3-5-7-9-11-13-15-17-18-19-21-23-25-27-29-31-35(40)37-33(32-38)36(41)34(39)30-28-26-24-22-20-16-14-12-10-8-6-4-2/h33-34,36,38-39,41H,3-32H2,1-2H3,(H,37,40)/t33?,34-,36+/m1/s1. The average molecular weight is 584 g/mol. The number of amides is 1. The van der Waals surface area contributed by atoms with Gasteiger partial charge in [0.1, 0.15) is 6.10 Å². The van der Waals surface area contributed by atoms with Gasteiger partial charge in [0.2, 0.25) is 5.91 Å². The summed E-state index contributed by atoms with van der Waals surface area (Å²) >= 11 is 0. The summed E-state index contributed by atoms with van der Waals surface area (Å²) in [7, 11) is 0. The summed E-state index contributed by atoms with van der Waals surface area (Å²) in [5, 5.41) is 33.3. The highest BCUT2D eigenvalue weighted by Crippen LogP contribution is 2.16. The van der Waals surface area contributed by atoms with Crippen molar-refractivity contribution < 1.29 is 20.1 Å². The fraction of sp³-hybridized carbons (Fsp3) is 0.972. The maximum Gasteiger partial charge on any atom is 0.220 e. The van der Waals surface area contributed by atoms with Crippen LogP contribution < -0.4 is 5.32 Å². The molecule has 0 aromatic rings. The molecular weight excluding hydrogens is 510 g/mol. The van der Waals surface area contributed by atoms with Gasteiger partial charge in [0.25, 0.3) is 0 Å². The van der Waals surface area contributed by atoms with Gasteiger partial charge < -0.3 is 20.6 Å². The molecule has 0 aliphatic rings. The normalized spacial score (nSPS) is 13.8. The zero-order valence-electron chi connectivity index (χ0n) is 27.7. The first-order valence-electron chi connectivity index (χ1n) is 18.3. The van der Waals surface area contributed by atoms with E-state index in [-0.39, 0.29) is 12.5 Å². The highest BCUT2D eigenvalue weighted by atomic mass is 16.3. The largest absolute Gasteiger partial charge is 0.394 e. The molecule has 0 aliphatic carbocycles. The topological polar surface area (TPSA) is 89.8 Å². The predicted octanol–water partition coefficient (Wildman–Crippen LogP) is 9.54. The minimum absolute atomic E-state index is 0.143. The molecule has 0 spiro atoms. The molecule has 5 nitrogen and oxygen atoms in total. The van der Waals surface area contributed by atoms with Crippen molar-refractivity contribution in [2.24, 2.45) is 0 Å². The van der Waals surface area contributed by atoms with Crippen LogP contribution >= 0.6 is 0 Å². The van der Waals surface area contributed by atoms with Gasteiger partial charge in [0, 0.05) is 6.42 Å². The summed E-state index contributed by atoms with van der Waals surface area (Å²) in [6.07, 6.45) is 33.3. The van der Waals surface area contributed by atoms with E-state index >= 15 is 0 Å². The number of carbonyl (C=O) groups is 1. The lowest BCUT2D eigenvalue weighted by atomic mass is 9.99. The van der Waals surface area contributed by atoms with Gasteiger partial charge in [0.15, 0.2) is 0 Å². The zero-order chi connectivity index (χ0) is 30.2.